The lowest BCUT2D eigenvalue weighted by Gasteiger charge is -2.08. The molecule has 0 aliphatic carbocycles. The van der Waals surface area contributed by atoms with Crippen LogP contribution in [0.3, 0.4) is 0 Å². The third-order valence-electron chi connectivity index (χ3n) is 3.60. The van der Waals surface area contributed by atoms with Gasteiger partial charge in [-0.2, -0.15) is 26.3 Å². The molecule has 11 heteroatoms. The minimum absolute atomic E-state index is 0.00754. The molecule has 3 heterocycles. The predicted octanol–water partition coefficient (Wildman–Crippen LogP) is 0.674. The van der Waals surface area contributed by atoms with Gasteiger partial charge < -0.3 is 4.98 Å². The van der Waals surface area contributed by atoms with E-state index in [2.05, 4.69) is 36.0 Å². The Labute approximate surface area is 157 Å². The number of fused-ring (bicyclic) bond motifs is 1. The summed E-state index contributed by atoms with van der Waals surface area (Å²) in [7, 11) is 0. The summed E-state index contributed by atoms with van der Waals surface area (Å²) in [5.74, 6) is -0.637. The molecule has 0 aliphatic rings. The fourth-order valence-corrected chi connectivity index (χ4v) is 2.46. The molecule has 3 aromatic heterocycles. The van der Waals surface area contributed by atoms with Crippen LogP contribution in [0.1, 0.15) is 40.3 Å². The Balaban J connectivity index is 2.13. The average molecular weight is 365 g/mol. The number of nitriles is 5. The molecular weight excluding hydrogens is 358 g/mol. The molecule has 0 aromatic carbocycles. The molecular formula is C17H7N11. The fraction of sp³-hybridized carbons (Fsp3) is 0.176. The molecule has 0 saturated heterocycles. The summed E-state index contributed by atoms with van der Waals surface area (Å²) >= 11 is 0. The van der Waals surface area contributed by atoms with E-state index in [9.17, 15) is 5.26 Å². The number of nitrogens with one attached hydrogen (secondary N) is 1. The van der Waals surface area contributed by atoms with E-state index in [-0.39, 0.29) is 52.9 Å². The summed E-state index contributed by atoms with van der Waals surface area (Å²) in [4.78, 5) is 23.3. The van der Waals surface area contributed by atoms with Crippen LogP contribution in [0.5, 0.6) is 0 Å². The molecule has 3 rings (SSSR count). The van der Waals surface area contributed by atoms with Gasteiger partial charge in [0, 0.05) is 0 Å². The smallest absolute Gasteiger partial charge is 0.198 e. The van der Waals surface area contributed by atoms with Gasteiger partial charge in [-0.1, -0.05) is 0 Å². The summed E-state index contributed by atoms with van der Waals surface area (Å²) in [5.41, 5.74) is 0.533. The number of rotatable bonds is 4. The van der Waals surface area contributed by atoms with Crippen LogP contribution in [-0.2, 0) is 12.8 Å². The van der Waals surface area contributed by atoms with Crippen LogP contribution in [0.4, 0.5) is 0 Å². The average Bonchev–Trinajstić information content (AvgIpc) is 3.10. The number of imidazole rings is 1. The Morgan fingerprint density at radius 3 is 2.21 bits per heavy atom. The second-order valence-corrected chi connectivity index (χ2v) is 5.37. The molecule has 0 saturated carbocycles. The van der Waals surface area contributed by atoms with Gasteiger partial charge in [0.25, 0.3) is 0 Å². The second kappa shape index (κ2) is 7.54. The largest absolute Gasteiger partial charge is 0.324 e. The highest BCUT2D eigenvalue weighted by molar-refractivity contribution is 5.68. The van der Waals surface area contributed by atoms with Gasteiger partial charge >= 0.3 is 0 Å². The molecule has 130 valence electrons. The van der Waals surface area contributed by atoms with Crippen molar-refractivity contribution in [2.75, 3.05) is 0 Å². The third kappa shape index (κ3) is 3.26. The highest BCUT2D eigenvalue weighted by atomic mass is 15.1. The maximum atomic E-state index is 9.66. The molecule has 0 spiro atoms. The van der Waals surface area contributed by atoms with Crippen molar-refractivity contribution >= 4 is 11.3 Å². The molecule has 11 nitrogen and oxygen atoms in total. The quantitative estimate of drug-likeness (QED) is 0.685. The Morgan fingerprint density at radius 1 is 0.857 bits per heavy atom. The molecule has 1 unspecified atom stereocenters. The maximum absolute atomic E-state index is 9.66. The van der Waals surface area contributed by atoms with E-state index in [0.717, 1.165) is 0 Å². The number of hydrogen-bond acceptors (Lipinski definition) is 10. The van der Waals surface area contributed by atoms with E-state index in [1.807, 2.05) is 12.1 Å². The molecule has 0 bridgehead atoms. The number of aromatic amines is 1. The highest BCUT2D eigenvalue weighted by Gasteiger charge is 2.23. The zero-order valence-corrected chi connectivity index (χ0v) is 14.0. The topological polar surface area (TPSA) is 199 Å². The van der Waals surface area contributed by atoms with Gasteiger partial charge in [-0.3, -0.25) is 0 Å². The first-order valence-corrected chi connectivity index (χ1v) is 7.71. The van der Waals surface area contributed by atoms with Crippen LogP contribution >= 0.6 is 0 Å². The SMILES string of the molecule is N#CCc1cc(C(C#N)c2nc3nc(C#N)c(C#N)nc3[nH]2)nc(CC#N)n1. The second-order valence-electron chi connectivity index (χ2n) is 5.37. The number of H-pyrrole nitrogens is 1. The lowest BCUT2D eigenvalue weighted by molar-refractivity contribution is 0.835. The third-order valence-corrected chi connectivity index (χ3v) is 3.60. The fourth-order valence-electron chi connectivity index (χ4n) is 2.46. The summed E-state index contributed by atoms with van der Waals surface area (Å²) in [6, 6.07) is 11.0. The summed E-state index contributed by atoms with van der Waals surface area (Å²) < 4.78 is 0. The van der Waals surface area contributed by atoms with Gasteiger partial charge in [-0.15, -0.1) is 0 Å². The van der Waals surface area contributed by atoms with Gasteiger partial charge in [-0.05, 0) is 6.07 Å². The van der Waals surface area contributed by atoms with Gasteiger partial charge in [0.2, 0.25) is 0 Å². The van der Waals surface area contributed by atoms with Crippen molar-refractivity contribution in [2.24, 2.45) is 0 Å². The highest BCUT2D eigenvalue weighted by Crippen LogP contribution is 2.23. The Morgan fingerprint density at radius 2 is 1.57 bits per heavy atom. The van der Waals surface area contributed by atoms with Crippen molar-refractivity contribution < 1.29 is 0 Å². The molecule has 28 heavy (non-hydrogen) atoms. The van der Waals surface area contributed by atoms with E-state index >= 15 is 0 Å². The minimum Gasteiger partial charge on any atom is -0.324 e. The molecule has 0 fully saturated rings. The molecule has 0 radical (unpaired) electrons. The normalized spacial score (nSPS) is 10.8. The summed E-state index contributed by atoms with van der Waals surface area (Å²) in [6.45, 7) is 0. The first-order valence-electron chi connectivity index (χ1n) is 7.71. The molecule has 1 N–H and O–H groups in total. The standard InChI is InChI=1S/C17H7N11/c18-3-1-9-5-11(24-14(23-9)2-4-19)10(6-20)15-27-16-17(28-15)26-13(8-22)12(7-21)25-16/h5,10H,1-2H2,(H,25,26,27,28). The Bertz CT molecular complexity index is 1200. The van der Waals surface area contributed by atoms with Crippen molar-refractivity contribution in [2.45, 2.75) is 18.8 Å². The molecule has 1 atom stereocenters. The Hall–Kier alpha value is -4.92. The van der Waals surface area contributed by atoms with Crippen molar-refractivity contribution in [1.82, 2.24) is 29.9 Å². The zero-order valence-electron chi connectivity index (χ0n) is 14.0. The van der Waals surface area contributed by atoms with Crippen molar-refractivity contribution in [3.05, 3.63) is 40.5 Å². The lowest BCUT2D eigenvalue weighted by Crippen LogP contribution is -2.09. The van der Waals surface area contributed by atoms with Crippen molar-refractivity contribution in [1.29, 1.82) is 26.3 Å². The molecule has 3 aromatic rings. The van der Waals surface area contributed by atoms with Crippen molar-refractivity contribution in [3.63, 3.8) is 0 Å². The van der Waals surface area contributed by atoms with Gasteiger partial charge in [0.15, 0.2) is 22.7 Å². The van der Waals surface area contributed by atoms with Crippen LogP contribution in [-0.4, -0.2) is 29.9 Å². The maximum Gasteiger partial charge on any atom is 0.198 e. The van der Waals surface area contributed by atoms with E-state index in [0.29, 0.717) is 5.69 Å². The summed E-state index contributed by atoms with van der Waals surface area (Å²) in [5, 5.41) is 45.6. The van der Waals surface area contributed by atoms with Crippen LogP contribution in [0.15, 0.2) is 6.07 Å². The van der Waals surface area contributed by atoms with Crippen LogP contribution in [0, 0.1) is 56.7 Å². The monoisotopic (exact) mass is 365 g/mol. The lowest BCUT2D eigenvalue weighted by atomic mass is 10.0. The van der Waals surface area contributed by atoms with E-state index in [1.165, 1.54) is 6.07 Å². The minimum atomic E-state index is -0.982. The Kier molecular flexibility index (Phi) is 4.82. The molecule has 0 amide bonds. The van der Waals surface area contributed by atoms with Crippen LogP contribution in [0.25, 0.3) is 11.3 Å². The van der Waals surface area contributed by atoms with Gasteiger partial charge in [0.05, 0.1) is 42.4 Å². The van der Waals surface area contributed by atoms with Gasteiger partial charge in [-0.25, -0.2) is 24.9 Å². The van der Waals surface area contributed by atoms with E-state index < -0.39 is 5.92 Å². The van der Waals surface area contributed by atoms with Crippen molar-refractivity contribution in [3.8, 4) is 30.3 Å². The first kappa shape index (κ1) is 17.9. The van der Waals surface area contributed by atoms with E-state index in [1.54, 1.807) is 12.1 Å². The zero-order chi connectivity index (χ0) is 20.1. The van der Waals surface area contributed by atoms with Crippen LogP contribution in [0.2, 0.25) is 0 Å². The van der Waals surface area contributed by atoms with E-state index in [4.69, 9.17) is 21.0 Å². The van der Waals surface area contributed by atoms with Gasteiger partial charge in [0.1, 0.15) is 29.7 Å². The van der Waals surface area contributed by atoms with Crippen LogP contribution < -0.4 is 0 Å². The first-order chi connectivity index (χ1) is 13.6. The molecule has 0 aliphatic heterocycles. The number of hydrogen-bond donors (Lipinski definition) is 1. The predicted molar refractivity (Wildman–Crippen MR) is 89.2 cm³/mol. The number of nitrogens with zero attached hydrogens (tertiary/aromatic N) is 10. The number of aromatic nitrogens is 6. The summed E-state index contributed by atoms with van der Waals surface area (Å²) in [6.07, 6.45) is -0.0862.